The van der Waals surface area contributed by atoms with Crippen molar-refractivity contribution in [3.63, 3.8) is 0 Å². The summed E-state index contributed by atoms with van der Waals surface area (Å²) in [5, 5.41) is 0. The lowest BCUT2D eigenvalue weighted by molar-refractivity contribution is 0.732. The number of nitrogens with zero attached hydrogens (tertiary/aromatic N) is 1. The van der Waals surface area contributed by atoms with Gasteiger partial charge in [0, 0.05) is 23.2 Å². The number of para-hydroxylation sites is 1. The molecule has 0 saturated carbocycles. The minimum Gasteiger partial charge on any atom is -0.367 e. The Kier molecular flexibility index (Phi) is 1.76. The van der Waals surface area contributed by atoms with Crippen molar-refractivity contribution in [1.29, 1.82) is 0 Å². The number of hydrogen-bond acceptors (Lipinski definition) is 2. The number of rotatable bonds is 0. The van der Waals surface area contributed by atoms with Crippen molar-refractivity contribution < 1.29 is 0 Å². The van der Waals surface area contributed by atoms with E-state index in [1.807, 2.05) is 11.8 Å². The minimum atomic E-state index is 0.819. The van der Waals surface area contributed by atoms with Crippen LogP contribution in [0, 0.1) is 0 Å². The molecule has 1 saturated heterocycles. The van der Waals surface area contributed by atoms with E-state index in [0.717, 1.165) is 6.04 Å². The summed E-state index contributed by atoms with van der Waals surface area (Å²) in [6, 6.07) is 9.62. The van der Waals surface area contributed by atoms with Gasteiger partial charge in [0.15, 0.2) is 0 Å². The van der Waals surface area contributed by atoms with E-state index in [2.05, 4.69) is 29.2 Å². The van der Waals surface area contributed by atoms with Gasteiger partial charge in [-0.05, 0) is 25.0 Å². The smallest absolute Gasteiger partial charge is 0.0507 e. The molecule has 2 heteroatoms. The molecular formula is C11H13NS. The molecule has 0 bridgehead atoms. The highest BCUT2D eigenvalue weighted by Gasteiger charge is 2.29. The van der Waals surface area contributed by atoms with Crippen molar-refractivity contribution in [2.45, 2.75) is 23.8 Å². The van der Waals surface area contributed by atoms with Crippen molar-refractivity contribution >= 4 is 17.4 Å². The standard InChI is InChI=1S/C11H13NS/c1-2-6-11-10(5-1)12-7-3-4-9(12)8-13-11/h1-2,5-6,9H,3-4,7-8H2/t9-/m0/s1. The summed E-state index contributed by atoms with van der Waals surface area (Å²) in [6.07, 6.45) is 2.76. The molecule has 1 fully saturated rings. The maximum Gasteiger partial charge on any atom is 0.0507 e. The molecule has 1 aromatic carbocycles. The Morgan fingerprint density at radius 3 is 3.23 bits per heavy atom. The summed E-state index contributed by atoms with van der Waals surface area (Å²) < 4.78 is 0. The summed E-state index contributed by atoms with van der Waals surface area (Å²) in [5.41, 5.74) is 1.47. The molecule has 13 heavy (non-hydrogen) atoms. The predicted molar refractivity (Wildman–Crippen MR) is 57.5 cm³/mol. The van der Waals surface area contributed by atoms with Crippen LogP contribution in [0.15, 0.2) is 29.2 Å². The van der Waals surface area contributed by atoms with E-state index in [9.17, 15) is 0 Å². The molecule has 68 valence electrons. The molecule has 0 aliphatic carbocycles. The van der Waals surface area contributed by atoms with Crippen molar-refractivity contribution in [2.24, 2.45) is 0 Å². The third-order valence-electron chi connectivity index (χ3n) is 2.98. The fraction of sp³-hybridized carbons (Fsp3) is 0.455. The maximum absolute atomic E-state index is 2.59. The average molecular weight is 191 g/mol. The lowest BCUT2D eigenvalue weighted by Crippen LogP contribution is -2.33. The number of thioether (sulfide) groups is 1. The topological polar surface area (TPSA) is 3.24 Å². The fourth-order valence-electron chi connectivity index (χ4n) is 2.33. The molecule has 3 rings (SSSR count). The highest BCUT2D eigenvalue weighted by molar-refractivity contribution is 7.99. The first-order valence-electron chi connectivity index (χ1n) is 4.93. The summed E-state index contributed by atoms with van der Waals surface area (Å²) >= 11 is 2.02. The Morgan fingerprint density at radius 2 is 2.23 bits per heavy atom. The van der Waals surface area contributed by atoms with Crippen molar-refractivity contribution in [3.05, 3.63) is 24.3 Å². The zero-order valence-electron chi connectivity index (χ0n) is 7.57. The second kappa shape index (κ2) is 2.95. The van der Waals surface area contributed by atoms with Crippen LogP contribution >= 0.6 is 11.8 Å². The van der Waals surface area contributed by atoms with E-state index in [4.69, 9.17) is 0 Å². The quantitative estimate of drug-likeness (QED) is 0.620. The van der Waals surface area contributed by atoms with Crippen LogP contribution in [-0.2, 0) is 0 Å². The van der Waals surface area contributed by atoms with Gasteiger partial charge in [0.1, 0.15) is 0 Å². The molecule has 2 aliphatic heterocycles. The Morgan fingerprint density at radius 1 is 1.31 bits per heavy atom. The Bertz CT molecular complexity index is 324. The molecule has 0 unspecified atom stereocenters. The van der Waals surface area contributed by atoms with E-state index in [-0.39, 0.29) is 0 Å². The van der Waals surface area contributed by atoms with Crippen molar-refractivity contribution in [2.75, 3.05) is 17.2 Å². The summed E-state index contributed by atoms with van der Waals surface area (Å²) in [4.78, 5) is 4.06. The van der Waals surface area contributed by atoms with E-state index in [1.165, 1.54) is 35.7 Å². The monoisotopic (exact) mass is 191 g/mol. The molecule has 0 aromatic heterocycles. The van der Waals surface area contributed by atoms with Gasteiger partial charge in [0.2, 0.25) is 0 Å². The maximum atomic E-state index is 2.59. The first-order valence-corrected chi connectivity index (χ1v) is 5.92. The zero-order valence-corrected chi connectivity index (χ0v) is 8.39. The SMILES string of the molecule is c1ccc2c(c1)SC[C@@H]1CCCN21. The Labute approximate surface area is 83.1 Å². The van der Waals surface area contributed by atoms with Gasteiger partial charge < -0.3 is 4.90 Å². The van der Waals surface area contributed by atoms with E-state index in [0.29, 0.717) is 0 Å². The predicted octanol–water partition coefficient (Wildman–Crippen LogP) is 2.76. The first-order chi connectivity index (χ1) is 6.45. The Hall–Kier alpha value is -0.630. The number of hydrogen-bond donors (Lipinski definition) is 0. The molecule has 2 aliphatic rings. The van der Waals surface area contributed by atoms with Gasteiger partial charge in [-0.3, -0.25) is 0 Å². The fourth-order valence-corrected chi connectivity index (χ4v) is 3.56. The summed E-state index contributed by atoms with van der Waals surface area (Å²) in [5.74, 6) is 1.29. The van der Waals surface area contributed by atoms with Crippen LogP contribution in [0.1, 0.15) is 12.8 Å². The average Bonchev–Trinajstić information content (AvgIpc) is 2.65. The van der Waals surface area contributed by atoms with Crippen LogP contribution in [0.2, 0.25) is 0 Å². The summed E-state index contributed by atoms with van der Waals surface area (Å²) in [6.45, 7) is 1.27. The van der Waals surface area contributed by atoms with Gasteiger partial charge in [-0.25, -0.2) is 0 Å². The third-order valence-corrected chi connectivity index (χ3v) is 4.19. The van der Waals surface area contributed by atoms with Crippen LogP contribution in [0.25, 0.3) is 0 Å². The number of fused-ring (bicyclic) bond motifs is 3. The van der Waals surface area contributed by atoms with Crippen LogP contribution in [0.3, 0.4) is 0 Å². The van der Waals surface area contributed by atoms with Gasteiger partial charge >= 0.3 is 0 Å². The van der Waals surface area contributed by atoms with Gasteiger partial charge in [-0.1, -0.05) is 12.1 Å². The van der Waals surface area contributed by atoms with Crippen molar-refractivity contribution in [1.82, 2.24) is 0 Å². The van der Waals surface area contributed by atoms with Crippen LogP contribution in [0.4, 0.5) is 5.69 Å². The van der Waals surface area contributed by atoms with E-state index < -0.39 is 0 Å². The lowest BCUT2D eigenvalue weighted by atomic mass is 10.2. The first kappa shape index (κ1) is 7.74. The molecule has 1 nitrogen and oxygen atoms in total. The highest BCUT2D eigenvalue weighted by Crippen LogP contribution is 2.40. The summed E-state index contributed by atoms with van der Waals surface area (Å²) in [7, 11) is 0. The second-order valence-corrected chi connectivity index (χ2v) is 4.83. The molecule has 0 spiro atoms. The number of anilines is 1. The van der Waals surface area contributed by atoms with E-state index in [1.54, 1.807) is 0 Å². The molecule has 1 atom stereocenters. The molecule has 0 amide bonds. The van der Waals surface area contributed by atoms with Crippen LogP contribution in [-0.4, -0.2) is 18.3 Å². The van der Waals surface area contributed by atoms with Crippen LogP contribution in [0.5, 0.6) is 0 Å². The third kappa shape index (κ3) is 1.16. The molecular weight excluding hydrogens is 178 g/mol. The van der Waals surface area contributed by atoms with E-state index >= 15 is 0 Å². The minimum absolute atomic E-state index is 0.819. The molecule has 0 radical (unpaired) electrons. The van der Waals surface area contributed by atoms with Gasteiger partial charge in [-0.2, -0.15) is 0 Å². The van der Waals surface area contributed by atoms with Gasteiger partial charge in [0.25, 0.3) is 0 Å². The van der Waals surface area contributed by atoms with Crippen LogP contribution < -0.4 is 4.90 Å². The number of benzene rings is 1. The Balaban J connectivity index is 2.06. The molecule has 1 aromatic rings. The van der Waals surface area contributed by atoms with Gasteiger partial charge in [-0.15, -0.1) is 11.8 Å². The highest BCUT2D eigenvalue weighted by atomic mass is 32.2. The zero-order chi connectivity index (χ0) is 8.67. The normalized spacial score (nSPS) is 25.5. The van der Waals surface area contributed by atoms with Crippen molar-refractivity contribution in [3.8, 4) is 0 Å². The van der Waals surface area contributed by atoms with Gasteiger partial charge in [0.05, 0.1) is 5.69 Å². The lowest BCUT2D eigenvalue weighted by Gasteiger charge is -2.32. The molecule has 2 heterocycles. The largest absolute Gasteiger partial charge is 0.367 e. The molecule has 0 N–H and O–H groups in total. The second-order valence-electron chi connectivity index (χ2n) is 3.77.